The monoisotopic (exact) mass is 374 g/mol. The summed E-state index contributed by atoms with van der Waals surface area (Å²) in [6.45, 7) is 0.636. The van der Waals surface area contributed by atoms with E-state index in [4.69, 9.17) is 27.2 Å². The molecule has 0 saturated heterocycles. The number of methoxy groups -OCH3 is 1. The van der Waals surface area contributed by atoms with Gasteiger partial charge in [-0.2, -0.15) is 4.98 Å². The second-order valence-electron chi connectivity index (χ2n) is 4.87. The zero-order chi connectivity index (χ0) is 19.2. The fourth-order valence-corrected chi connectivity index (χ4v) is 2.56. The van der Waals surface area contributed by atoms with Crippen molar-refractivity contribution < 1.29 is 19.3 Å². The van der Waals surface area contributed by atoms with Crippen LogP contribution in [0.4, 0.5) is 10.3 Å². The van der Waals surface area contributed by atoms with Gasteiger partial charge in [-0.15, -0.1) is 0 Å². The molecule has 25 heavy (non-hydrogen) atoms. The fourth-order valence-electron chi connectivity index (χ4n) is 2.18. The molecule has 0 aromatic carbocycles. The number of aromatic nitrogens is 3. The summed E-state index contributed by atoms with van der Waals surface area (Å²) >= 11 is 6.49. The van der Waals surface area contributed by atoms with E-state index in [0.717, 1.165) is 7.11 Å². The van der Waals surface area contributed by atoms with Crippen molar-refractivity contribution >= 4 is 28.6 Å². The van der Waals surface area contributed by atoms with E-state index in [9.17, 15) is 14.3 Å². The molecule has 0 radical (unpaired) electrons. The van der Waals surface area contributed by atoms with Gasteiger partial charge >= 0.3 is 0 Å². The first-order valence-corrected chi connectivity index (χ1v) is 7.50. The quantitative estimate of drug-likeness (QED) is 0.446. The predicted molar refractivity (Wildman–Crippen MR) is 93.0 cm³/mol. The van der Waals surface area contributed by atoms with Gasteiger partial charge in [-0.05, 0) is 13.0 Å². The highest BCUT2D eigenvalue weighted by Gasteiger charge is 2.41. The third-order valence-corrected chi connectivity index (χ3v) is 3.96. The number of hydrogen-bond acceptors (Lipinski definition) is 6. The highest BCUT2D eigenvalue weighted by molar-refractivity contribution is 6.25. The summed E-state index contributed by atoms with van der Waals surface area (Å²) in [7, 11) is 2.39. The Morgan fingerprint density at radius 1 is 1.60 bits per heavy atom. The second kappa shape index (κ2) is 8.82. The van der Waals surface area contributed by atoms with E-state index in [1.54, 1.807) is 6.92 Å². The minimum absolute atomic E-state index is 0.116. The molecule has 10 heteroatoms. The molecule has 0 fully saturated rings. The summed E-state index contributed by atoms with van der Waals surface area (Å²) in [6, 6.07) is 1.46. The first-order chi connectivity index (χ1) is 11.8. The number of ether oxygens (including phenoxy) is 1. The lowest BCUT2D eigenvalue weighted by Gasteiger charge is -2.32. The number of H-pyrrole nitrogens is 1. The number of nitrogens with one attached hydrogen (secondary N) is 1. The zero-order valence-corrected chi connectivity index (χ0v) is 14.7. The van der Waals surface area contributed by atoms with Crippen LogP contribution < -0.4 is 11.3 Å². The van der Waals surface area contributed by atoms with E-state index in [0.29, 0.717) is 0 Å². The molecular formula is C15H20ClFN4O4. The lowest BCUT2D eigenvalue weighted by molar-refractivity contribution is -0.0259. The normalized spacial score (nSPS) is 15.3. The number of nitrogens with zero attached hydrogens (tertiary/aromatic N) is 2. The van der Waals surface area contributed by atoms with Crippen molar-refractivity contribution in [3.05, 3.63) is 22.6 Å². The van der Waals surface area contributed by atoms with Crippen LogP contribution in [0.25, 0.3) is 11.0 Å². The Morgan fingerprint density at radius 2 is 2.24 bits per heavy atom. The Kier molecular flexibility index (Phi) is 7.38. The summed E-state index contributed by atoms with van der Waals surface area (Å²) in [5, 5.41) is 17.7. The largest absolute Gasteiger partial charge is 0.400 e. The standard InChI is InChI=1S/C14H16ClFN4O3.CH4O/c1-8(23-2)10(21)14(15,5-3-6-16)20-7-4-9-11(20)18-13(17)19-12(9)22;1-2/h4,7-8,10,21H,6H2,1-2H3,(H3,17,18,19,22);2H,1H3/t8?,10?,14-;/m0./s1. The number of halogens is 2. The minimum atomic E-state index is -1.78. The first-order valence-electron chi connectivity index (χ1n) is 7.13. The van der Waals surface area contributed by atoms with Crippen LogP contribution in [0.3, 0.4) is 0 Å². The summed E-state index contributed by atoms with van der Waals surface area (Å²) in [6.07, 6.45) is -0.609. The third-order valence-electron chi connectivity index (χ3n) is 3.46. The maximum absolute atomic E-state index is 12.5. The summed E-state index contributed by atoms with van der Waals surface area (Å²) < 4.78 is 18.9. The van der Waals surface area contributed by atoms with Crippen molar-refractivity contribution in [3.8, 4) is 11.8 Å². The van der Waals surface area contributed by atoms with E-state index in [1.165, 1.54) is 23.9 Å². The molecule has 0 aliphatic heterocycles. The van der Waals surface area contributed by atoms with Gasteiger partial charge in [0, 0.05) is 20.4 Å². The Bertz CT molecular complexity index is 828. The SMILES string of the molecule is CO.COC(C)C(O)[C@](Cl)(C#CCF)n1ccc2c(=O)[nH]c(N)nc21. The van der Waals surface area contributed by atoms with Crippen LogP contribution >= 0.6 is 11.6 Å². The fraction of sp³-hybridized carbons (Fsp3) is 0.467. The van der Waals surface area contributed by atoms with Gasteiger partial charge in [0.2, 0.25) is 10.9 Å². The molecule has 3 atom stereocenters. The van der Waals surface area contributed by atoms with Gasteiger partial charge in [-0.3, -0.25) is 14.3 Å². The van der Waals surface area contributed by atoms with E-state index >= 15 is 0 Å². The number of nitrogens with two attached hydrogens (primary N) is 1. The van der Waals surface area contributed by atoms with Gasteiger partial charge in [-0.1, -0.05) is 23.4 Å². The van der Waals surface area contributed by atoms with Gasteiger partial charge in [0.1, 0.15) is 12.8 Å². The number of rotatable bonds is 4. The number of anilines is 1. The average Bonchev–Trinajstić information content (AvgIpc) is 3.04. The van der Waals surface area contributed by atoms with Gasteiger partial charge in [0.15, 0.2) is 5.65 Å². The van der Waals surface area contributed by atoms with Crippen molar-refractivity contribution in [2.45, 2.75) is 24.1 Å². The van der Waals surface area contributed by atoms with Crippen LogP contribution in [-0.2, 0) is 9.73 Å². The number of aromatic amines is 1. The Balaban J connectivity index is 0.00000151. The van der Waals surface area contributed by atoms with Crippen molar-refractivity contribution in [1.82, 2.24) is 14.5 Å². The van der Waals surface area contributed by atoms with Crippen molar-refractivity contribution in [2.24, 2.45) is 0 Å². The number of aliphatic hydroxyl groups is 2. The molecule has 0 saturated carbocycles. The van der Waals surface area contributed by atoms with Gasteiger partial charge in [0.05, 0.1) is 11.5 Å². The molecule has 2 aromatic rings. The van der Waals surface area contributed by atoms with Crippen LogP contribution in [0.5, 0.6) is 0 Å². The molecule has 2 rings (SSSR count). The maximum Gasteiger partial charge on any atom is 0.261 e. The summed E-state index contributed by atoms with van der Waals surface area (Å²) in [5.41, 5.74) is 5.21. The van der Waals surface area contributed by atoms with Crippen molar-refractivity contribution in [2.75, 3.05) is 26.6 Å². The molecule has 2 heterocycles. The average molecular weight is 375 g/mol. The Hall–Kier alpha value is -2.12. The highest BCUT2D eigenvalue weighted by Crippen LogP contribution is 2.32. The Morgan fingerprint density at radius 3 is 2.80 bits per heavy atom. The van der Waals surface area contributed by atoms with Crippen LogP contribution in [0.15, 0.2) is 17.1 Å². The molecule has 0 aliphatic carbocycles. The van der Waals surface area contributed by atoms with E-state index in [1.807, 2.05) is 0 Å². The molecule has 138 valence electrons. The first kappa shape index (κ1) is 20.9. The lowest BCUT2D eigenvalue weighted by atomic mass is 10.1. The molecule has 0 amide bonds. The molecule has 5 N–H and O–H groups in total. The van der Waals surface area contributed by atoms with E-state index < -0.39 is 29.4 Å². The molecule has 8 nitrogen and oxygen atoms in total. The minimum Gasteiger partial charge on any atom is -0.400 e. The summed E-state index contributed by atoms with van der Waals surface area (Å²) in [4.78, 5) is 16.5. The van der Waals surface area contributed by atoms with Gasteiger partial charge < -0.3 is 20.7 Å². The number of aliphatic hydroxyl groups excluding tert-OH is 2. The third kappa shape index (κ3) is 4.11. The molecule has 2 unspecified atom stereocenters. The van der Waals surface area contributed by atoms with Crippen LogP contribution in [-0.4, -0.2) is 57.9 Å². The maximum atomic E-state index is 12.5. The number of fused-ring (bicyclic) bond motifs is 1. The molecule has 0 aliphatic rings. The summed E-state index contributed by atoms with van der Waals surface area (Å²) in [5.74, 6) is 4.56. The topological polar surface area (TPSA) is 126 Å². The zero-order valence-electron chi connectivity index (χ0n) is 14.0. The van der Waals surface area contributed by atoms with E-state index in [2.05, 4.69) is 21.8 Å². The molecule has 0 spiro atoms. The van der Waals surface area contributed by atoms with Crippen LogP contribution in [0, 0.1) is 11.8 Å². The number of hydrogen-bond donors (Lipinski definition) is 4. The van der Waals surface area contributed by atoms with E-state index in [-0.39, 0.29) is 17.0 Å². The van der Waals surface area contributed by atoms with Crippen molar-refractivity contribution in [3.63, 3.8) is 0 Å². The van der Waals surface area contributed by atoms with Crippen molar-refractivity contribution in [1.29, 1.82) is 0 Å². The van der Waals surface area contributed by atoms with Crippen LogP contribution in [0.1, 0.15) is 6.92 Å². The molecular weight excluding hydrogens is 355 g/mol. The smallest absolute Gasteiger partial charge is 0.261 e. The number of nitrogen functional groups attached to an aromatic ring is 1. The second-order valence-corrected chi connectivity index (χ2v) is 5.44. The predicted octanol–water partition coefficient (Wildman–Crippen LogP) is 0.176. The Labute approximate surface area is 148 Å². The van der Waals surface area contributed by atoms with Gasteiger partial charge in [-0.25, -0.2) is 4.39 Å². The number of alkyl halides is 2. The lowest BCUT2D eigenvalue weighted by Crippen LogP contribution is -2.45. The van der Waals surface area contributed by atoms with Gasteiger partial charge in [0.25, 0.3) is 5.56 Å². The molecule has 0 bridgehead atoms. The van der Waals surface area contributed by atoms with Crippen LogP contribution in [0.2, 0.25) is 0 Å². The highest BCUT2D eigenvalue weighted by atomic mass is 35.5. The molecule has 2 aromatic heterocycles.